The Morgan fingerprint density at radius 3 is 2.48 bits per heavy atom. The third-order valence-electron chi connectivity index (χ3n) is 15.0. The van der Waals surface area contributed by atoms with Crippen molar-refractivity contribution in [1.29, 1.82) is 0 Å². The average Bonchev–Trinajstić information content (AvgIpc) is 3.45. The minimum Gasteiger partial charge on any atom is -0.478 e. The van der Waals surface area contributed by atoms with E-state index in [0.717, 1.165) is 37.1 Å². The Balaban J connectivity index is 1.09. The summed E-state index contributed by atoms with van der Waals surface area (Å²) < 4.78 is 0. The molecule has 2 aromatic rings. The van der Waals surface area contributed by atoms with Crippen molar-refractivity contribution in [3.8, 4) is 0 Å². The van der Waals surface area contributed by atoms with E-state index >= 15 is 0 Å². The molecule has 236 valence electrons. The lowest BCUT2D eigenvalue weighted by Gasteiger charge is -2.71. The van der Waals surface area contributed by atoms with Crippen molar-refractivity contribution in [2.75, 3.05) is 13.1 Å². The van der Waals surface area contributed by atoms with Crippen molar-refractivity contribution >= 4 is 11.5 Å². The van der Waals surface area contributed by atoms with E-state index in [2.05, 4.69) is 56.2 Å². The van der Waals surface area contributed by atoms with Crippen LogP contribution in [0.2, 0.25) is 0 Å². The van der Waals surface area contributed by atoms with E-state index in [1.165, 1.54) is 81.2 Å². The number of carboxylic acid groups (broad SMARTS) is 1. The number of carboxylic acids is 1. The Labute approximate surface area is 265 Å². The molecule has 5 aliphatic carbocycles. The van der Waals surface area contributed by atoms with Gasteiger partial charge in [0.2, 0.25) is 0 Å². The summed E-state index contributed by atoms with van der Waals surface area (Å²) >= 11 is 0. The van der Waals surface area contributed by atoms with E-state index in [1.807, 2.05) is 24.4 Å². The molecule has 4 heteroatoms. The maximum atomic E-state index is 11.4. The zero-order chi connectivity index (χ0) is 30.7. The topological polar surface area (TPSA) is 62.2 Å². The summed E-state index contributed by atoms with van der Waals surface area (Å²) in [4.78, 5) is 16.0. The minimum atomic E-state index is -0.847. The van der Waals surface area contributed by atoms with Crippen LogP contribution in [0.25, 0.3) is 5.57 Å². The predicted octanol–water partition coefficient (Wildman–Crippen LogP) is 9.07. The minimum absolute atomic E-state index is 0.335. The first-order valence-corrected chi connectivity index (χ1v) is 17.8. The normalized spacial score (nSPS) is 41.1. The largest absolute Gasteiger partial charge is 0.478 e. The second-order valence-corrected chi connectivity index (χ2v) is 16.4. The predicted molar refractivity (Wildman–Crippen MR) is 178 cm³/mol. The van der Waals surface area contributed by atoms with Crippen molar-refractivity contribution in [2.24, 2.45) is 51.2 Å². The standard InChI is InChI=1S/C40H54N2O2/c1-27-31(28-10-12-29(13-11-28)36(43)44)16-20-37(2)32(27)17-21-39(4)35(37)15-14-33-34-9-7-19-40(34,23-22-38(33,39)3)26-41-25-18-30-8-5-6-24-42-30/h5-6,8,10-13,16,24,27,32-35,41H,7,9,14-15,17-23,25-26H2,1-4H3,(H,43,44)/t27?,32?,33?,34?,35?,37?,38-,39?,40?/m1/s1. The molecule has 0 saturated heterocycles. The van der Waals surface area contributed by atoms with Crippen LogP contribution in [0.15, 0.2) is 54.7 Å². The van der Waals surface area contributed by atoms with Gasteiger partial charge in [-0.05, 0) is 144 Å². The molecule has 0 spiro atoms. The second kappa shape index (κ2) is 11.1. The molecule has 1 heterocycles. The molecule has 5 aliphatic rings. The quantitative estimate of drug-likeness (QED) is 0.314. The fourth-order valence-electron chi connectivity index (χ4n) is 12.5. The van der Waals surface area contributed by atoms with Crippen LogP contribution in [-0.4, -0.2) is 29.1 Å². The first-order valence-electron chi connectivity index (χ1n) is 17.8. The van der Waals surface area contributed by atoms with Crippen LogP contribution in [0, 0.1) is 51.2 Å². The molecule has 8 unspecified atom stereocenters. The lowest BCUT2D eigenvalue weighted by molar-refractivity contribution is -0.217. The molecule has 9 atom stereocenters. The summed E-state index contributed by atoms with van der Waals surface area (Å²) in [6.07, 6.45) is 19.2. The number of carbonyl (C=O) groups is 1. The maximum absolute atomic E-state index is 11.4. The molecule has 1 aromatic heterocycles. The third-order valence-corrected chi connectivity index (χ3v) is 15.0. The van der Waals surface area contributed by atoms with E-state index in [4.69, 9.17) is 0 Å². The van der Waals surface area contributed by atoms with Gasteiger partial charge in [-0.2, -0.15) is 0 Å². The summed E-state index contributed by atoms with van der Waals surface area (Å²) in [5.41, 5.74) is 5.88. The zero-order valence-electron chi connectivity index (χ0n) is 27.6. The van der Waals surface area contributed by atoms with Crippen LogP contribution in [-0.2, 0) is 6.42 Å². The Morgan fingerprint density at radius 2 is 1.73 bits per heavy atom. The summed E-state index contributed by atoms with van der Waals surface area (Å²) in [5.74, 6) is 2.85. The molecule has 2 N–H and O–H groups in total. The Morgan fingerprint density at radius 1 is 0.909 bits per heavy atom. The van der Waals surface area contributed by atoms with E-state index in [-0.39, 0.29) is 0 Å². The van der Waals surface area contributed by atoms with Crippen LogP contribution < -0.4 is 5.32 Å². The van der Waals surface area contributed by atoms with Gasteiger partial charge in [-0.25, -0.2) is 4.79 Å². The number of aromatic carboxylic acids is 1. The molecule has 0 aliphatic heterocycles. The monoisotopic (exact) mass is 594 g/mol. The third kappa shape index (κ3) is 4.56. The van der Waals surface area contributed by atoms with Crippen molar-refractivity contribution in [3.05, 3.63) is 71.6 Å². The molecular weight excluding hydrogens is 540 g/mol. The average molecular weight is 595 g/mol. The van der Waals surface area contributed by atoms with Gasteiger partial charge in [0.15, 0.2) is 0 Å². The number of hydrogen-bond donors (Lipinski definition) is 2. The van der Waals surface area contributed by atoms with E-state index in [9.17, 15) is 9.90 Å². The van der Waals surface area contributed by atoms with Crippen molar-refractivity contribution in [2.45, 2.75) is 98.3 Å². The molecule has 1 aromatic carbocycles. The first kappa shape index (κ1) is 30.2. The second-order valence-electron chi connectivity index (χ2n) is 16.4. The highest BCUT2D eigenvalue weighted by Gasteiger charge is 2.68. The van der Waals surface area contributed by atoms with E-state index < -0.39 is 5.97 Å². The highest BCUT2D eigenvalue weighted by Crippen LogP contribution is 2.76. The first-order chi connectivity index (χ1) is 21.1. The van der Waals surface area contributed by atoms with Gasteiger partial charge in [0.05, 0.1) is 5.56 Å². The Bertz CT molecular complexity index is 1400. The molecule has 44 heavy (non-hydrogen) atoms. The summed E-state index contributed by atoms with van der Waals surface area (Å²) in [6.45, 7) is 12.8. The molecule has 7 rings (SSSR count). The number of pyridine rings is 1. The van der Waals surface area contributed by atoms with Crippen LogP contribution in [0.5, 0.6) is 0 Å². The SMILES string of the molecule is CC1C(c2ccc(C(=O)O)cc2)=CCC2(C)C1CCC1(C)C2CCC2C3CCCC3(CNCCc3ccccn3)CC[C@]21C. The fourth-order valence-corrected chi connectivity index (χ4v) is 12.5. The van der Waals surface area contributed by atoms with Gasteiger partial charge in [-0.3, -0.25) is 4.98 Å². The number of fused-ring (bicyclic) bond motifs is 7. The number of rotatable bonds is 7. The molecular formula is C40H54N2O2. The number of aromatic nitrogens is 1. The van der Waals surface area contributed by atoms with Crippen LogP contribution in [0.1, 0.15) is 114 Å². The van der Waals surface area contributed by atoms with Gasteiger partial charge >= 0.3 is 5.97 Å². The molecule has 4 nitrogen and oxygen atoms in total. The van der Waals surface area contributed by atoms with E-state index in [0.29, 0.717) is 39.1 Å². The van der Waals surface area contributed by atoms with Gasteiger partial charge in [0.1, 0.15) is 0 Å². The van der Waals surface area contributed by atoms with Crippen LogP contribution >= 0.6 is 0 Å². The number of benzene rings is 1. The van der Waals surface area contributed by atoms with Gasteiger partial charge < -0.3 is 10.4 Å². The van der Waals surface area contributed by atoms with Gasteiger partial charge in [0, 0.05) is 31.4 Å². The Hall–Kier alpha value is -2.46. The summed E-state index contributed by atoms with van der Waals surface area (Å²) in [5, 5.41) is 13.3. The lowest BCUT2D eigenvalue weighted by Crippen LogP contribution is -2.64. The number of nitrogens with zero attached hydrogens (tertiary/aromatic N) is 1. The van der Waals surface area contributed by atoms with E-state index in [1.54, 1.807) is 12.1 Å². The molecule has 4 saturated carbocycles. The smallest absolute Gasteiger partial charge is 0.335 e. The van der Waals surface area contributed by atoms with Crippen molar-refractivity contribution in [3.63, 3.8) is 0 Å². The molecule has 0 bridgehead atoms. The fraction of sp³-hybridized carbons (Fsp3) is 0.650. The van der Waals surface area contributed by atoms with Gasteiger partial charge in [-0.15, -0.1) is 0 Å². The highest BCUT2D eigenvalue weighted by atomic mass is 16.4. The number of hydrogen-bond acceptors (Lipinski definition) is 3. The highest BCUT2D eigenvalue weighted by molar-refractivity contribution is 5.88. The molecule has 4 fully saturated rings. The van der Waals surface area contributed by atoms with Crippen LogP contribution in [0.4, 0.5) is 0 Å². The number of nitrogens with one attached hydrogen (secondary N) is 1. The Kier molecular flexibility index (Phi) is 7.63. The van der Waals surface area contributed by atoms with Crippen molar-refractivity contribution in [1.82, 2.24) is 10.3 Å². The summed E-state index contributed by atoms with van der Waals surface area (Å²) in [6, 6.07) is 13.9. The molecule has 0 radical (unpaired) electrons. The summed E-state index contributed by atoms with van der Waals surface area (Å²) in [7, 11) is 0. The number of allylic oxidation sites excluding steroid dienone is 2. The van der Waals surface area contributed by atoms with Crippen molar-refractivity contribution < 1.29 is 9.90 Å². The van der Waals surface area contributed by atoms with Gasteiger partial charge in [0.25, 0.3) is 0 Å². The molecule has 0 amide bonds. The maximum Gasteiger partial charge on any atom is 0.335 e. The van der Waals surface area contributed by atoms with Crippen LogP contribution in [0.3, 0.4) is 0 Å². The zero-order valence-corrected chi connectivity index (χ0v) is 27.6. The van der Waals surface area contributed by atoms with Gasteiger partial charge in [-0.1, -0.05) is 58.4 Å². The lowest BCUT2D eigenvalue weighted by atomic mass is 9.33.